The Morgan fingerprint density at radius 1 is 1.38 bits per heavy atom. The highest BCUT2D eigenvalue weighted by atomic mass is 16.5. The fourth-order valence-corrected chi connectivity index (χ4v) is 0.911. The van der Waals surface area contributed by atoms with Gasteiger partial charge in [0.1, 0.15) is 0 Å². The Kier molecular flexibility index (Phi) is 6.29. The van der Waals surface area contributed by atoms with Gasteiger partial charge in [-0.05, 0) is 18.3 Å². The lowest BCUT2D eigenvalue weighted by Gasteiger charge is -2.08. The second-order valence-corrected chi connectivity index (χ2v) is 3.82. The van der Waals surface area contributed by atoms with Crippen LogP contribution < -0.4 is 0 Å². The second-order valence-electron chi connectivity index (χ2n) is 3.82. The van der Waals surface area contributed by atoms with E-state index in [0.29, 0.717) is 18.4 Å². The first-order valence-electron chi connectivity index (χ1n) is 4.82. The molecule has 0 bridgehead atoms. The normalized spacial score (nSPS) is 13.6. The number of ether oxygens (including phenoxy) is 1. The molecule has 1 atom stereocenters. The first kappa shape index (κ1) is 12.2. The summed E-state index contributed by atoms with van der Waals surface area (Å²) in [6, 6.07) is 0. The maximum absolute atomic E-state index is 10.5. The van der Waals surface area contributed by atoms with E-state index in [2.05, 4.69) is 32.9 Å². The summed E-state index contributed by atoms with van der Waals surface area (Å²) in [5.41, 5.74) is 0. The molecule has 2 heteroatoms. The zero-order valence-electron chi connectivity index (χ0n) is 9.04. The molecule has 2 nitrogen and oxygen atoms in total. The van der Waals surface area contributed by atoms with E-state index in [9.17, 15) is 4.79 Å². The Hall–Kier alpha value is -0.790. The molecular formula is C11H20O2. The van der Waals surface area contributed by atoms with Crippen molar-refractivity contribution in [2.24, 2.45) is 11.8 Å². The lowest BCUT2D eigenvalue weighted by molar-refractivity contribution is -0.142. The Bertz CT molecular complexity index is 171. The van der Waals surface area contributed by atoms with Gasteiger partial charge in [0.25, 0.3) is 0 Å². The Morgan fingerprint density at radius 3 is 2.46 bits per heavy atom. The number of hydrogen-bond donors (Lipinski definition) is 0. The number of allylic oxidation sites excluding steroid dienone is 2. The number of carbonyl (C=O) groups is 1. The molecule has 0 rings (SSSR count). The average Bonchev–Trinajstić information content (AvgIpc) is 2.00. The summed E-state index contributed by atoms with van der Waals surface area (Å²) < 4.78 is 4.89. The molecule has 0 N–H and O–H groups in total. The fraction of sp³-hybridized carbons (Fsp3) is 0.727. The van der Waals surface area contributed by atoms with Gasteiger partial charge in [-0.1, -0.05) is 32.9 Å². The van der Waals surface area contributed by atoms with Gasteiger partial charge in [0.05, 0.1) is 6.61 Å². The van der Waals surface area contributed by atoms with Crippen LogP contribution in [0.5, 0.6) is 0 Å². The minimum atomic E-state index is -0.195. The van der Waals surface area contributed by atoms with Crippen LogP contribution >= 0.6 is 0 Å². The molecule has 0 radical (unpaired) electrons. The van der Waals surface area contributed by atoms with E-state index in [1.165, 1.54) is 6.92 Å². The topological polar surface area (TPSA) is 26.3 Å². The van der Waals surface area contributed by atoms with E-state index in [1.54, 1.807) is 0 Å². The maximum Gasteiger partial charge on any atom is 0.302 e. The van der Waals surface area contributed by atoms with E-state index in [1.807, 2.05) is 0 Å². The highest BCUT2D eigenvalue weighted by Gasteiger charge is 2.01. The van der Waals surface area contributed by atoms with Crippen molar-refractivity contribution >= 4 is 5.97 Å². The van der Waals surface area contributed by atoms with Crippen molar-refractivity contribution in [3.8, 4) is 0 Å². The van der Waals surface area contributed by atoms with Gasteiger partial charge in [0, 0.05) is 6.92 Å². The van der Waals surface area contributed by atoms with E-state index < -0.39 is 0 Å². The third-order valence-corrected chi connectivity index (χ3v) is 1.63. The van der Waals surface area contributed by atoms with Crippen LogP contribution in [0.3, 0.4) is 0 Å². The van der Waals surface area contributed by atoms with E-state index >= 15 is 0 Å². The van der Waals surface area contributed by atoms with Gasteiger partial charge in [-0.15, -0.1) is 0 Å². The first-order chi connectivity index (χ1) is 6.02. The van der Waals surface area contributed by atoms with Crippen LogP contribution in [0.1, 0.15) is 34.1 Å². The number of hydrogen-bond acceptors (Lipinski definition) is 2. The zero-order chi connectivity index (χ0) is 10.3. The van der Waals surface area contributed by atoms with Crippen molar-refractivity contribution in [3.05, 3.63) is 12.2 Å². The average molecular weight is 184 g/mol. The zero-order valence-corrected chi connectivity index (χ0v) is 9.04. The van der Waals surface area contributed by atoms with Crippen LogP contribution in [-0.4, -0.2) is 12.6 Å². The number of esters is 1. The number of carbonyl (C=O) groups excluding carboxylic acids is 1. The summed E-state index contributed by atoms with van der Waals surface area (Å²) in [4.78, 5) is 10.5. The summed E-state index contributed by atoms with van der Waals surface area (Å²) in [5, 5.41) is 0. The predicted octanol–water partition coefficient (Wildman–Crippen LogP) is 2.79. The molecule has 0 spiro atoms. The summed E-state index contributed by atoms with van der Waals surface area (Å²) in [5.74, 6) is 0.819. The van der Waals surface area contributed by atoms with Crippen molar-refractivity contribution in [1.82, 2.24) is 0 Å². The molecule has 0 saturated heterocycles. The highest BCUT2D eigenvalue weighted by Crippen LogP contribution is 2.05. The molecule has 13 heavy (non-hydrogen) atoms. The molecular weight excluding hydrogens is 164 g/mol. The van der Waals surface area contributed by atoms with Crippen LogP contribution in [0.15, 0.2) is 12.2 Å². The van der Waals surface area contributed by atoms with Gasteiger partial charge < -0.3 is 4.74 Å². The Balaban J connectivity index is 3.51. The summed E-state index contributed by atoms with van der Waals surface area (Å²) in [6.07, 6.45) is 5.30. The molecule has 0 heterocycles. The molecule has 0 aromatic carbocycles. The van der Waals surface area contributed by atoms with Gasteiger partial charge in [-0.2, -0.15) is 0 Å². The van der Waals surface area contributed by atoms with E-state index in [0.717, 1.165) is 6.42 Å². The lowest BCUT2D eigenvalue weighted by atomic mass is 10.1. The third-order valence-electron chi connectivity index (χ3n) is 1.63. The van der Waals surface area contributed by atoms with Crippen LogP contribution in [0.4, 0.5) is 0 Å². The Labute approximate surface area is 81.0 Å². The molecule has 0 aliphatic heterocycles. The van der Waals surface area contributed by atoms with Crippen molar-refractivity contribution in [3.63, 3.8) is 0 Å². The van der Waals surface area contributed by atoms with Gasteiger partial charge in [0.2, 0.25) is 0 Å². The molecule has 0 aromatic heterocycles. The molecule has 0 amide bonds. The molecule has 76 valence electrons. The molecule has 0 aliphatic carbocycles. The standard InChI is InChI=1S/C11H20O2/c1-9(2)6-5-7-10(3)8-13-11(4)12/h5-6,9-10H,7-8H2,1-4H3. The molecule has 0 saturated carbocycles. The first-order valence-corrected chi connectivity index (χ1v) is 4.82. The van der Waals surface area contributed by atoms with Crippen molar-refractivity contribution in [2.45, 2.75) is 34.1 Å². The highest BCUT2D eigenvalue weighted by molar-refractivity contribution is 5.65. The molecule has 0 fully saturated rings. The fourth-order valence-electron chi connectivity index (χ4n) is 0.911. The smallest absolute Gasteiger partial charge is 0.302 e. The minimum absolute atomic E-state index is 0.195. The summed E-state index contributed by atoms with van der Waals surface area (Å²) in [7, 11) is 0. The van der Waals surface area contributed by atoms with Gasteiger partial charge >= 0.3 is 5.97 Å². The lowest BCUT2D eigenvalue weighted by Crippen LogP contribution is -2.08. The summed E-state index contributed by atoms with van der Waals surface area (Å²) >= 11 is 0. The molecule has 0 aromatic rings. The van der Waals surface area contributed by atoms with Crippen LogP contribution in [0, 0.1) is 11.8 Å². The van der Waals surface area contributed by atoms with E-state index in [4.69, 9.17) is 4.74 Å². The Morgan fingerprint density at radius 2 is 2.00 bits per heavy atom. The van der Waals surface area contributed by atoms with E-state index in [-0.39, 0.29) is 5.97 Å². The minimum Gasteiger partial charge on any atom is -0.466 e. The van der Waals surface area contributed by atoms with Gasteiger partial charge in [-0.3, -0.25) is 4.79 Å². The van der Waals surface area contributed by atoms with Crippen molar-refractivity contribution < 1.29 is 9.53 Å². The van der Waals surface area contributed by atoms with Gasteiger partial charge in [-0.25, -0.2) is 0 Å². The van der Waals surface area contributed by atoms with Crippen LogP contribution in [0.25, 0.3) is 0 Å². The van der Waals surface area contributed by atoms with Gasteiger partial charge in [0.15, 0.2) is 0 Å². The second kappa shape index (κ2) is 6.70. The SMILES string of the molecule is CC(=O)OCC(C)CC=CC(C)C. The monoisotopic (exact) mass is 184 g/mol. The van der Waals surface area contributed by atoms with Crippen molar-refractivity contribution in [2.75, 3.05) is 6.61 Å². The molecule has 0 aliphatic rings. The van der Waals surface area contributed by atoms with Crippen molar-refractivity contribution in [1.29, 1.82) is 0 Å². The molecule has 1 unspecified atom stereocenters. The van der Waals surface area contributed by atoms with Crippen LogP contribution in [-0.2, 0) is 9.53 Å². The predicted molar refractivity (Wildman–Crippen MR) is 54.4 cm³/mol. The largest absolute Gasteiger partial charge is 0.466 e. The number of rotatable bonds is 5. The summed E-state index contributed by atoms with van der Waals surface area (Å²) in [6.45, 7) is 8.34. The third kappa shape index (κ3) is 9.12. The maximum atomic E-state index is 10.5. The van der Waals surface area contributed by atoms with Crippen LogP contribution in [0.2, 0.25) is 0 Å². The quantitative estimate of drug-likeness (QED) is 0.485.